The number of rotatable bonds is 3. The maximum atomic E-state index is 13.0. The number of hydrogen-bond donors (Lipinski definition) is 1. The van der Waals surface area contributed by atoms with Crippen LogP contribution in [0, 0.1) is 0 Å². The number of aliphatic hydroxyl groups is 1. The van der Waals surface area contributed by atoms with Crippen LogP contribution < -0.4 is 0 Å². The summed E-state index contributed by atoms with van der Waals surface area (Å²) >= 11 is 2.91. The number of halogens is 4. The fourth-order valence-electron chi connectivity index (χ4n) is 2.02. The monoisotopic (exact) mass is 352 g/mol. The molecule has 0 aliphatic rings. The summed E-state index contributed by atoms with van der Waals surface area (Å²) in [6.45, 7) is -0.362. The fourth-order valence-corrected chi connectivity index (χ4v) is 2.67. The molecule has 0 spiro atoms. The molecule has 20 heavy (non-hydrogen) atoms. The van der Waals surface area contributed by atoms with Crippen molar-refractivity contribution < 1.29 is 23.0 Å². The summed E-state index contributed by atoms with van der Waals surface area (Å²) in [7, 11) is 3.09. The molecule has 1 N–H and O–H groups in total. The molecular formula is C12H12BrF3N2O2. The van der Waals surface area contributed by atoms with Gasteiger partial charge in [0.1, 0.15) is 12.4 Å². The van der Waals surface area contributed by atoms with E-state index in [0.29, 0.717) is 16.9 Å². The molecule has 8 heteroatoms. The van der Waals surface area contributed by atoms with E-state index >= 15 is 0 Å². The Balaban J connectivity index is 2.82. The van der Waals surface area contributed by atoms with Crippen LogP contribution >= 0.6 is 15.9 Å². The van der Waals surface area contributed by atoms with Crippen LogP contribution in [0.3, 0.4) is 0 Å². The van der Waals surface area contributed by atoms with Crippen LogP contribution in [0.1, 0.15) is 17.0 Å². The second-order valence-corrected chi connectivity index (χ2v) is 5.05. The van der Waals surface area contributed by atoms with Crippen molar-refractivity contribution in [1.29, 1.82) is 0 Å². The van der Waals surface area contributed by atoms with Crippen LogP contribution in [-0.4, -0.2) is 21.8 Å². The summed E-state index contributed by atoms with van der Waals surface area (Å²) < 4.78 is 45.3. The summed E-state index contributed by atoms with van der Waals surface area (Å²) in [4.78, 5) is 4.24. The van der Waals surface area contributed by atoms with Crippen LogP contribution in [0.25, 0.3) is 11.0 Å². The third kappa shape index (κ3) is 2.43. The average Bonchev–Trinajstić information content (AvgIpc) is 2.65. The summed E-state index contributed by atoms with van der Waals surface area (Å²) in [6, 6.07) is 1.02. The Hall–Kier alpha value is -1.12. The van der Waals surface area contributed by atoms with E-state index in [2.05, 4.69) is 20.9 Å². The topological polar surface area (TPSA) is 47.3 Å². The molecule has 0 unspecified atom stereocenters. The highest BCUT2D eigenvalue weighted by molar-refractivity contribution is 9.10. The number of aryl methyl sites for hydroxylation is 1. The van der Waals surface area contributed by atoms with Gasteiger partial charge in [-0.25, -0.2) is 4.98 Å². The number of methoxy groups -OCH3 is 1. The zero-order valence-corrected chi connectivity index (χ0v) is 12.3. The van der Waals surface area contributed by atoms with Crippen molar-refractivity contribution in [2.24, 2.45) is 7.05 Å². The van der Waals surface area contributed by atoms with Gasteiger partial charge in [0.2, 0.25) is 0 Å². The van der Waals surface area contributed by atoms with Gasteiger partial charge >= 0.3 is 6.18 Å². The number of fused-ring (bicyclic) bond motifs is 1. The first kappa shape index (κ1) is 15.3. The van der Waals surface area contributed by atoms with E-state index in [0.717, 1.165) is 6.07 Å². The summed E-state index contributed by atoms with van der Waals surface area (Å²) in [5, 5.41) is 9.36. The summed E-state index contributed by atoms with van der Waals surface area (Å²) in [5.41, 5.74) is -0.0765. The highest BCUT2D eigenvalue weighted by Gasteiger charge is 2.35. The maximum absolute atomic E-state index is 13.0. The number of hydrogen-bond acceptors (Lipinski definition) is 3. The largest absolute Gasteiger partial charge is 0.417 e. The van der Waals surface area contributed by atoms with Crippen molar-refractivity contribution in [1.82, 2.24) is 9.55 Å². The van der Waals surface area contributed by atoms with Crippen molar-refractivity contribution in [2.75, 3.05) is 7.11 Å². The van der Waals surface area contributed by atoms with Crippen LogP contribution in [0.4, 0.5) is 13.2 Å². The lowest BCUT2D eigenvalue weighted by Gasteiger charge is -2.13. The molecule has 0 fully saturated rings. The first-order valence-corrected chi connectivity index (χ1v) is 6.44. The molecule has 110 valence electrons. The minimum atomic E-state index is -4.51. The number of aromatic nitrogens is 2. The zero-order chi connectivity index (χ0) is 15.1. The molecule has 4 nitrogen and oxygen atoms in total. The van der Waals surface area contributed by atoms with E-state index in [1.165, 1.54) is 11.7 Å². The Morgan fingerprint density at radius 2 is 2.10 bits per heavy atom. The highest BCUT2D eigenvalue weighted by atomic mass is 79.9. The molecule has 0 saturated carbocycles. The zero-order valence-electron chi connectivity index (χ0n) is 10.8. The van der Waals surface area contributed by atoms with Crippen LogP contribution in [0.15, 0.2) is 10.5 Å². The average molecular weight is 353 g/mol. The van der Waals surface area contributed by atoms with Gasteiger partial charge in [0, 0.05) is 24.2 Å². The smallest absolute Gasteiger partial charge is 0.392 e. The molecule has 0 aliphatic heterocycles. The second-order valence-electron chi connectivity index (χ2n) is 4.26. The van der Waals surface area contributed by atoms with Crippen LogP contribution in [-0.2, 0) is 31.2 Å². The van der Waals surface area contributed by atoms with Gasteiger partial charge in [-0.05, 0) is 22.0 Å². The number of aliphatic hydroxyl groups excluding tert-OH is 1. The standard InChI is InChI=1S/C12H12BrF3N2O2/c1-18-8-3-7(12(14,15)16)10(13)6(4-19)11(8)17-9(18)5-20-2/h3,19H,4-5H2,1-2H3. The Morgan fingerprint density at radius 3 is 2.60 bits per heavy atom. The minimum Gasteiger partial charge on any atom is -0.392 e. The first-order chi connectivity index (χ1) is 9.31. The molecule has 0 saturated heterocycles. The summed E-state index contributed by atoms with van der Waals surface area (Å²) in [5.74, 6) is 0.489. The highest BCUT2D eigenvalue weighted by Crippen LogP contribution is 2.40. The van der Waals surface area contributed by atoms with Gasteiger partial charge in [0.05, 0.1) is 23.2 Å². The Labute approximate surface area is 121 Å². The van der Waals surface area contributed by atoms with Gasteiger partial charge in [0.25, 0.3) is 0 Å². The normalized spacial score (nSPS) is 12.3. The second kappa shape index (κ2) is 5.34. The van der Waals surface area contributed by atoms with Gasteiger partial charge in [-0.15, -0.1) is 0 Å². The lowest BCUT2D eigenvalue weighted by Crippen LogP contribution is -2.08. The van der Waals surface area contributed by atoms with E-state index in [4.69, 9.17) is 4.74 Å². The first-order valence-electron chi connectivity index (χ1n) is 5.65. The lowest BCUT2D eigenvalue weighted by molar-refractivity contribution is -0.138. The lowest BCUT2D eigenvalue weighted by atomic mass is 10.1. The maximum Gasteiger partial charge on any atom is 0.417 e. The Morgan fingerprint density at radius 1 is 1.45 bits per heavy atom. The molecule has 0 aliphatic carbocycles. The van der Waals surface area contributed by atoms with Crippen LogP contribution in [0.5, 0.6) is 0 Å². The van der Waals surface area contributed by atoms with Crippen molar-refractivity contribution in [2.45, 2.75) is 19.4 Å². The van der Waals surface area contributed by atoms with E-state index in [1.807, 2.05) is 0 Å². The third-order valence-corrected chi connectivity index (χ3v) is 3.94. The molecule has 2 rings (SSSR count). The quantitative estimate of drug-likeness (QED) is 0.923. The Bertz CT molecular complexity index is 652. The molecule has 1 aromatic carbocycles. The van der Waals surface area contributed by atoms with Gasteiger partial charge in [0.15, 0.2) is 0 Å². The van der Waals surface area contributed by atoms with E-state index in [-0.39, 0.29) is 16.6 Å². The third-order valence-electron chi connectivity index (χ3n) is 3.04. The molecule has 0 atom stereocenters. The van der Waals surface area contributed by atoms with Gasteiger partial charge in [-0.3, -0.25) is 0 Å². The fraction of sp³-hybridized carbons (Fsp3) is 0.417. The van der Waals surface area contributed by atoms with Crippen LogP contribution in [0.2, 0.25) is 0 Å². The SMILES string of the molecule is COCc1nc2c(CO)c(Br)c(C(F)(F)F)cc2n1C. The van der Waals surface area contributed by atoms with Gasteiger partial charge in [-0.2, -0.15) is 13.2 Å². The summed E-state index contributed by atoms with van der Waals surface area (Å²) in [6.07, 6.45) is -4.51. The number of ether oxygens (including phenoxy) is 1. The van der Waals surface area contributed by atoms with Crippen molar-refractivity contribution >= 4 is 27.0 Å². The molecule has 0 bridgehead atoms. The number of alkyl halides is 3. The van der Waals surface area contributed by atoms with Crippen molar-refractivity contribution in [3.05, 3.63) is 27.5 Å². The predicted octanol–water partition coefficient (Wildman–Crippen LogP) is 2.99. The molecule has 1 heterocycles. The number of benzene rings is 1. The van der Waals surface area contributed by atoms with Gasteiger partial charge < -0.3 is 14.4 Å². The van der Waals surface area contributed by atoms with E-state index in [9.17, 15) is 18.3 Å². The number of imidazole rings is 1. The van der Waals surface area contributed by atoms with Crippen molar-refractivity contribution in [3.63, 3.8) is 0 Å². The molecule has 2 aromatic rings. The Kier molecular flexibility index (Phi) is 4.08. The molecule has 0 amide bonds. The van der Waals surface area contributed by atoms with Gasteiger partial charge in [-0.1, -0.05) is 0 Å². The molecular weight excluding hydrogens is 341 g/mol. The molecule has 0 radical (unpaired) electrons. The molecule has 1 aromatic heterocycles. The minimum absolute atomic E-state index is 0.118. The van der Waals surface area contributed by atoms with E-state index < -0.39 is 18.3 Å². The number of nitrogens with zero attached hydrogens (tertiary/aromatic N) is 2. The van der Waals surface area contributed by atoms with Crippen molar-refractivity contribution in [3.8, 4) is 0 Å². The van der Waals surface area contributed by atoms with E-state index in [1.54, 1.807) is 7.05 Å². The predicted molar refractivity (Wildman–Crippen MR) is 70.1 cm³/mol.